The Morgan fingerprint density at radius 3 is 2.83 bits per heavy atom. The number of benzene rings is 1. The maximum absolute atomic E-state index is 5.97. The predicted molar refractivity (Wildman–Crippen MR) is 78.3 cm³/mol. The SMILES string of the molecule is C[Si](C)(C)CCOCn1ncc2cccc(N)c21. The third kappa shape index (κ3) is 3.11. The third-order valence-corrected chi connectivity index (χ3v) is 4.61. The number of fused-ring (bicyclic) bond motifs is 1. The van der Waals surface area contributed by atoms with E-state index in [0.29, 0.717) is 6.73 Å². The van der Waals surface area contributed by atoms with Gasteiger partial charge >= 0.3 is 0 Å². The van der Waals surface area contributed by atoms with Crippen molar-refractivity contribution in [1.29, 1.82) is 0 Å². The smallest absolute Gasteiger partial charge is 0.140 e. The minimum atomic E-state index is -1.02. The summed E-state index contributed by atoms with van der Waals surface area (Å²) in [5.41, 5.74) is 7.68. The number of nitrogen functional groups attached to an aromatic ring is 1. The van der Waals surface area contributed by atoms with Gasteiger partial charge in [0.05, 0.1) is 17.4 Å². The van der Waals surface area contributed by atoms with E-state index in [1.807, 2.05) is 29.1 Å². The van der Waals surface area contributed by atoms with E-state index in [1.54, 1.807) is 0 Å². The second-order valence-corrected chi connectivity index (χ2v) is 11.4. The lowest BCUT2D eigenvalue weighted by Crippen LogP contribution is -2.22. The van der Waals surface area contributed by atoms with Crippen molar-refractivity contribution < 1.29 is 4.74 Å². The van der Waals surface area contributed by atoms with E-state index >= 15 is 0 Å². The maximum Gasteiger partial charge on any atom is 0.140 e. The first-order valence-corrected chi connectivity index (χ1v) is 9.96. The molecule has 0 unspecified atom stereocenters. The topological polar surface area (TPSA) is 53.1 Å². The summed E-state index contributed by atoms with van der Waals surface area (Å²) in [5, 5.41) is 5.37. The Morgan fingerprint density at radius 1 is 1.33 bits per heavy atom. The average molecular weight is 263 g/mol. The molecule has 1 aromatic carbocycles. The van der Waals surface area contributed by atoms with Crippen LogP contribution in [0.15, 0.2) is 24.4 Å². The Hall–Kier alpha value is -1.33. The van der Waals surface area contributed by atoms with Gasteiger partial charge in [0.15, 0.2) is 0 Å². The van der Waals surface area contributed by atoms with Gasteiger partial charge in [-0.05, 0) is 12.1 Å². The summed E-state index contributed by atoms with van der Waals surface area (Å²) in [5.74, 6) is 0. The van der Waals surface area contributed by atoms with Crippen LogP contribution in [0.25, 0.3) is 10.9 Å². The number of nitrogens with two attached hydrogens (primary N) is 1. The van der Waals surface area contributed by atoms with Gasteiger partial charge in [-0.2, -0.15) is 5.10 Å². The maximum atomic E-state index is 5.97. The summed E-state index contributed by atoms with van der Waals surface area (Å²) in [6, 6.07) is 7.01. The highest BCUT2D eigenvalue weighted by Crippen LogP contribution is 2.20. The zero-order chi connectivity index (χ0) is 13.2. The fourth-order valence-corrected chi connectivity index (χ4v) is 2.56. The average Bonchev–Trinajstić information content (AvgIpc) is 2.68. The highest BCUT2D eigenvalue weighted by Gasteiger charge is 2.12. The Bertz CT molecular complexity index is 531. The van der Waals surface area contributed by atoms with Crippen LogP contribution < -0.4 is 5.73 Å². The first-order valence-electron chi connectivity index (χ1n) is 6.25. The molecule has 98 valence electrons. The molecule has 5 heteroatoms. The fourth-order valence-electron chi connectivity index (χ4n) is 1.80. The van der Waals surface area contributed by atoms with Crippen molar-refractivity contribution in [2.45, 2.75) is 32.4 Å². The number of hydrogen-bond donors (Lipinski definition) is 1. The van der Waals surface area contributed by atoms with E-state index in [4.69, 9.17) is 10.5 Å². The summed E-state index contributed by atoms with van der Waals surface area (Å²) >= 11 is 0. The number of aromatic nitrogens is 2. The van der Waals surface area contributed by atoms with Crippen molar-refractivity contribution >= 4 is 24.7 Å². The number of para-hydroxylation sites is 1. The number of rotatable bonds is 5. The van der Waals surface area contributed by atoms with Crippen LogP contribution in [0.2, 0.25) is 25.7 Å². The summed E-state index contributed by atoms with van der Waals surface area (Å²) in [6.45, 7) is 8.30. The number of nitrogens with zero attached hydrogens (tertiary/aromatic N) is 2. The van der Waals surface area contributed by atoms with Gasteiger partial charge in [0.25, 0.3) is 0 Å². The molecule has 0 aliphatic rings. The molecule has 18 heavy (non-hydrogen) atoms. The number of ether oxygens (including phenoxy) is 1. The van der Waals surface area contributed by atoms with Crippen LogP contribution in [-0.4, -0.2) is 24.5 Å². The van der Waals surface area contributed by atoms with E-state index < -0.39 is 8.07 Å². The van der Waals surface area contributed by atoms with Gasteiger partial charge in [-0.15, -0.1) is 0 Å². The summed E-state index contributed by atoms with van der Waals surface area (Å²) in [6.07, 6.45) is 1.83. The highest BCUT2D eigenvalue weighted by molar-refractivity contribution is 6.76. The molecule has 2 rings (SSSR count). The minimum Gasteiger partial charge on any atom is -0.397 e. The highest BCUT2D eigenvalue weighted by atomic mass is 28.3. The van der Waals surface area contributed by atoms with Crippen LogP contribution in [0.5, 0.6) is 0 Å². The molecule has 0 bridgehead atoms. The van der Waals surface area contributed by atoms with Gasteiger partial charge in [0.1, 0.15) is 6.73 Å². The Morgan fingerprint density at radius 2 is 2.11 bits per heavy atom. The monoisotopic (exact) mass is 263 g/mol. The molecule has 0 saturated carbocycles. The molecule has 0 atom stereocenters. The van der Waals surface area contributed by atoms with Crippen molar-refractivity contribution in [3.63, 3.8) is 0 Å². The van der Waals surface area contributed by atoms with Gasteiger partial charge in [-0.25, -0.2) is 4.68 Å². The van der Waals surface area contributed by atoms with Crippen LogP contribution in [0, 0.1) is 0 Å². The number of anilines is 1. The van der Waals surface area contributed by atoms with Gasteiger partial charge in [-0.1, -0.05) is 31.8 Å². The van der Waals surface area contributed by atoms with Crippen molar-refractivity contribution in [3.8, 4) is 0 Å². The molecule has 0 radical (unpaired) electrons. The van der Waals surface area contributed by atoms with Gasteiger partial charge in [-0.3, -0.25) is 0 Å². The molecule has 0 fully saturated rings. The van der Waals surface area contributed by atoms with Crippen LogP contribution >= 0.6 is 0 Å². The standard InChI is InChI=1S/C13H21N3OSi/c1-18(2,3)8-7-17-10-16-13-11(9-15-16)5-4-6-12(13)14/h4-6,9H,7-8,10,14H2,1-3H3. The van der Waals surface area contributed by atoms with Crippen LogP contribution in [-0.2, 0) is 11.5 Å². The molecule has 0 amide bonds. The first-order chi connectivity index (χ1) is 8.47. The summed E-state index contributed by atoms with van der Waals surface area (Å²) in [4.78, 5) is 0. The molecule has 1 aromatic heterocycles. The van der Waals surface area contributed by atoms with Crippen molar-refractivity contribution in [2.24, 2.45) is 0 Å². The van der Waals surface area contributed by atoms with Crippen molar-refractivity contribution in [2.75, 3.05) is 12.3 Å². The molecule has 0 aliphatic heterocycles. The van der Waals surface area contributed by atoms with Gasteiger partial charge in [0.2, 0.25) is 0 Å². The fraction of sp³-hybridized carbons (Fsp3) is 0.462. The van der Waals surface area contributed by atoms with Crippen molar-refractivity contribution in [1.82, 2.24) is 9.78 Å². The van der Waals surface area contributed by atoms with Gasteiger partial charge in [0, 0.05) is 20.1 Å². The molecule has 1 heterocycles. The molecular formula is C13H21N3OSi. The lowest BCUT2D eigenvalue weighted by atomic mass is 10.2. The second-order valence-electron chi connectivity index (χ2n) is 5.78. The molecule has 0 aliphatic carbocycles. The normalized spacial score (nSPS) is 12.2. The molecule has 2 N–H and O–H groups in total. The van der Waals surface area contributed by atoms with E-state index in [0.717, 1.165) is 23.2 Å². The molecule has 0 spiro atoms. The van der Waals surface area contributed by atoms with Crippen LogP contribution in [0.1, 0.15) is 0 Å². The summed E-state index contributed by atoms with van der Waals surface area (Å²) in [7, 11) is -1.02. The molecule has 0 saturated heterocycles. The van der Waals surface area contributed by atoms with Crippen molar-refractivity contribution in [3.05, 3.63) is 24.4 Å². The Balaban J connectivity index is 2.00. The first kappa shape index (κ1) is 13.1. The zero-order valence-electron chi connectivity index (χ0n) is 11.3. The zero-order valence-corrected chi connectivity index (χ0v) is 12.3. The second kappa shape index (κ2) is 5.12. The lowest BCUT2D eigenvalue weighted by molar-refractivity contribution is 0.0817. The largest absolute Gasteiger partial charge is 0.397 e. The molecule has 4 nitrogen and oxygen atoms in total. The quantitative estimate of drug-likeness (QED) is 0.512. The Kier molecular flexibility index (Phi) is 3.73. The van der Waals surface area contributed by atoms with E-state index in [1.165, 1.54) is 6.04 Å². The lowest BCUT2D eigenvalue weighted by Gasteiger charge is -2.15. The van der Waals surface area contributed by atoms with E-state index in [-0.39, 0.29) is 0 Å². The molecular weight excluding hydrogens is 242 g/mol. The minimum absolute atomic E-state index is 0.474. The molecule has 2 aromatic rings. The van der Waals surface area contributed by atoms with Gasteiger partial charge < -0.3 is 10.5 Å². The van der Waals surface area contributed by atoms with Crippen LogP contribution in [0.3, 0.4) is 0 Å². The van der Waals surface area contributed by atoms with E-state index in [9.17, 15) is 0 Å². The Labute approximate surface area is 109 Å². The third-order valence-electron chi connectivity index (χ3n) is 2.90. The van der Waals surface area contributed by atoms with E-state index in [2.05, 4.69) is 24.7 Å². The summed E-state index contributed by atoms with van der Waals surface area (Å²) < 4.78 is 7.53. The predicted octanol–water partition coefficient (Wildman–Crippen LogP) is 2.93. The van der Waals surface area contributed by atoms with Crippen LogP contribution in [0.4, 0.5) is 5.69 Å². The number of hydrogen-bond acceptors (Lipinski definition) is 3.